The number of hydrogen-bond donors (Lipinski definition) is 2. The number of rotatable bonds is 5. The third-order valence-electron chi connectivity index (χ3n) is 2.22. The van der Waals surface area contributed by atoms with E-state index in [4.69, 9.17) is 10.8 Å². The molecule has 0 saturated heterocycles. The van der Waals surface area contributed by atoms with Crippen molar-refractivity contribution in [3.05, 3.63) is 23.0 Å². The summed E-state index contributed by atoms with van der Waals surface area (Å²) in [6.45, 7) is -0.526. The lowest BCUT2D eigenvalue weighted by Gasteiger charge is -2.17. The maximum atomic E-state index is 12.7. The van der Waals surface area contributed by atoms with Crippen molar-refractivity contribution < 1.29 is 36.6 Å². The van der Waals surface area contributed by atoms with Gasteiger partial charge in [0.05, 0.1) is 12.1 Å². The van der Waals surface area contributed by atoms with E-state index in [0.717, 1.165) is 0 Å². The highest BCUT2D eigenvalue weighted by Gasteiger charge is 2.35. The lowest BCUT2D eigenvalue weighted by atomic mass is 10.0. The SMILES string of the molecule is NCc1ncc(C(F)F)c(CC(=O)O)c1OC(F)(F)F. The van der Waals surface area contributed by atoms with E-state index in [2.05, 4.69) is 9.72 Å². The van der Waals surface area contributed by atoms with Crippen molar-refractivity contribution in [3.63, 3.8) is 0 Å². The molecule has 0 aliphatic carbocycles. The Labute approximate surface area is 109 Å². The monoisotopic (exact) mass is 300 g/mol. The molecule has 10 heteroatoms. The zero-order valence-corrected chi connectivity index (χ0v) is 9.75. The van der Waals surface area contributed by atoms with Gasteiger partial charge in [-0.3, -0.25) is 9.78 Å². The fourth-order valence-electron chi connectivity index (χ4n) is 1.49. The third-order valence-corrected chi connectivity index (χ3v) is 2.22. The normalized spacial score (nSPS) is 11.8. The van der Waals surface area contributed by atoms with Crippen LogP contribution in [0.1, 0.15) is 23.2 Å². The number of carbonyl (C=O) groups is 1. The van der Waals surface area contributed by atoms with Gasteiger partial charge in [-0.1, -0.05) is 0 Å². The van der Waals surface area contributed by atoms with Gasteiger partial charge in [0.15, 0.2) is 5.75 Å². The first-order chi connectivity index (χ1) is 9.15. The van der Waals surface area contributed by atoms with E-state index in [1.165, 1.54) is 0 Å². The minimum atomic E-state index is -5.18. The molecule has 3 N–H and O–H groups in total. The molecular formula is C10H9F5N2O3. The molecule has 0 spiro atoms. The van der Waals surface area contributed by atoms with Gasteiger partial charge in [-0.15, -0.1) is 13.2 Å². The second kappa shape index (κ2) is 5.99. The van der Waals surface area contributed by atoms with E-state index in [0.29, 0.717) is 6.20 Å². The number of hydrogen-bond acceptors (Lipinski definition) is 4. The summed E-state index contributed by atoms with van der Waals surface area (Å²) in [5.41, 5.74) is 2.96. The van der Waals surface area contributed by atoms with E-state index < -0.39 is 54.3 Å². The Balaban J connectivity index is 3.46. The van der Waals surface area contributed by atoms with Crippen LogP contribution in [0.15, 0.2) is 6.20 Å². The number of carboxylic acid groups (broad SMARTS) is 1. The molecule has 0 atom stereocenters. The average Bonchev–Trinajstić information content (AvgIpc) is 2.28. The predicted octanol–water partition coefficient (Wildman–Crippen LogP) is 2.00. The van der Waals surface area contributed by atoms with Crippen LogP contribution in [0.5, 0.6) is 5.75 Å². The standard InChI is InChI=1S/C10H9F5N2O3/c11-9(12)5-3-17-6(2-16)8(20-10(13,14)15)4(5)1-7(18)19/h3,9H,1-2,16H2,(H,18,19). The molecule has 1 rings (SSSR count). The van der Waals surface area contributed by atoms with E-state index in [9.17, 15) is 26.7 Å². The number of pyridine rings is 1. The first kappa shape index (κ1) is 16.1. The van der Waals surface area contributed by atoms with E-state index in [-0.39, 0.29) is 0 Å². The molecule has 0 unspecified atom stereocenters. The van der Waals surface area contributed by atoms with Crippen LogP contribution in [0, 0.1) is 0 Å². The lowest BCUT2D eigenvalue weighted by molar-refractivity contribution is -0.275. The highest BCUT2D eigenvalue weighted by atomic mass is 19.4. The maximum absolute atomic E-state index is 12.7. The van der Waals surface area contributed by atoms with Crippen LogP contribution >= 0.6 is 0 Å². The zero-order chi connectivity index (χ0) is 15.5. The smallest absolute Gasteiger partial charge is 0.481 e. The molecule has 0 aromatic carbocycles. The van der Waals surface area contributed by atoms with Gasteiger partial charge in [0.1, 0.15) is 0 Å². The summed E-state index contributed by atoms with van der Waals surface area (Å²) in [7, 11) is 0. The predicted molar refractivity (Wildman–Crippen MR) is 55.1 cm³/mol. The summed E-state index contributed by atoms with van der Waals surface area (Å²) in [4.78, 5) is 14.0. The molecule has 5 nitrogen and oxygen atoms in total. The number of carboxylic acids is 1. The number of aromatic nitrogens is 1. The molecule has 0 aliphatic rings. The summed E-state index contributed by atoms with van der Waals surface area (Å²) < 4.78 is 65.9. The van der Waals surface area contributed by atoms with E-state index >= 15 is 0 Å². The van der Waals surface area contributed by atoms with Gasteiger partial charge in [-0.25, -0.2) is 8.78 Å². The third kappa shape index (κ3) is 4.02. The number of halogens is 5. The number of aliphatic carboxylic acids is 1. The Morgan fingerprint density at radius 2 is 2.05 bits per heavy atom. The van der Waals surface area contributed by atoms with Crippen LogP contribution in [0.2, 0.25) is 0 Å². The van der Waals surface area contributed by atoms with Crippen LogP contribution in [0.3, 0.4) is 0 Å². The summed E-state index contributed by atoms with van der Waals surface area (Å²) in [6, 6.07) is 0. The Morgan fingerprint density at radius 3 is 2.45 bits per heavy atom. The van der Waals surface area contributed by atoms with Crippen molar-refractivity contribution in [2.24, 2.45) is 5.73 Å². The molecule has 0 amide bonds. The minimum absolute atomic E-state index is 0.456. The molecule has 112 valence electrons. The van der Waals surface area contributed by atoms with Gasteiger partial charge in [-0.05, 0) is 0 Å². The molecule has 20 heavy (non-hydrogen) atoms. The van der Waals surface area contributed by atoms with Crippen LogP contribution in [-0.4, -0.2) is 22.4 Å². The number of nitrogens with two attached hydrogens (primary N) is 1. The molecule has 0 fully saturated rings. The topological polar surface area (TPSA) is 85.4 Å². The Bertz CT molecular complexity index is 504. The first-order valence-electron chi connectivity index (χ1n) is 5.12. The summed E-state index contributed by atoms with van der Waals surface area (Å²) in [5, 5.41) is 8.63. The van der Waals surface area contributed by atoms with Crippen LogP contribution < -0.4 is 10.5 Å². The Kier molecular flexibility index (Phi) is 4.82. The van der Waals surface area contributed by atoms with Crippen LogP contribution in [0.4, 0.5) is 22.0 Å². The second-order valence-electron chi connectivity index (χ2n) is 3.59. The molecule has 0 radical (unpaired) electrons. The number of nitrogens with zero attached hydrogens (tertiary/aromatic N) is 1. The average molecular weight is 300 g/mol. The zero-order valence-electron chi connectivity index (χ0n) is 9.75. The van der Waals surface area contributed by atoms with Gasteiger partial charge < -0.3 is 15.6 Å². The highest BCUT2D eigenvalue weighted by molar-refractivity contribution is 5.72. The summed E-state index contributed by atoms with van der Waals surface area (Å²) >= 11 is 0. The second-order valence-corrected chi connectivity index (χ2v) is 3.59. The van der Waals surface area contributed by atoms with E-state index in [1.54, 1.807) is 0 Å². The molecule has 1 aromatic rings. The van der Waals surface area contributed by atoms with Crippen molar-refractivity contribution in [1.29, 1.82) is 0 Å². The highest BCUT2D eigenvalue weighted by Crippen LogP contribution is 2.35. The molecule has 1 heterocycles. The quantitative estimate of drug-likeness (QED) is 0.812. The van der Waals surface area contributed by atoms with Crippen LogP contribution in [-0.2, 0) is 17.8 Å². The van der Waals surface area contributed by atoms with Gasteiger partial charge in [0, 0.05) is 23.9 Å². The molecule has 0 saturated carbocycles. The number of ether oxygens (including phenoxy) is 1. The molecule has 0 aliphatic heterocycles. The Hall–Kier alpha value is -1.97. The summed E-state index contributed by atoms with van der Waals surface area (Å²) in [6.07, 6.45) is -8.85. The van der Waals surface area contributed by atoms with Gasteiger partial charge >= 0.3 is 12.3 Å². The molecular weight excluding hydrogens is 291 g/mol. The summed E-state index contributed by atoms with van der Waals surface area (Å²) in [5.74, 6) is -2.67. The van der Waals surface area contributed by atoms with Gasteiger partial charge in [-0.2, -0.15) is 0 Å². The van der Waals surface area contributed by atoms with E-state index in [1.807, 2.05) is 0 Å². The van der Waals surface area contributed by atoms with Crippen molar-refractivity contribution >= 4 is 5.97 Å². The fraction of sp³-hybridized carbons (Fsp3) is 0.400. The van der Waals surface area contributed by atoms with Crippen molar-refractivity contribution in [3.8, 4) is 5.75 Å². The lowest BCUT2D eigenvalue weighted by Crippen LogP contribution is -2.22. The fourth-order valence-corrected chi connectivity index (χ4v) is 1.49. The molecule has 1 aromatic heterocycles. The number of alkyl halides is 5. The maximum Gasteiger partial charge on any atom is 0.573 e. The minimum Gasteiger partial charge on any atom is -0.481 e. The van der Waals surface area contributed by atoms with Gasteiger partial charge in [0.25, 0.3) is 6.43 Å². The van der Waals surface area contributed by atoms with Crippen molar-refractivity contribution in [2.75, 3.05) is 0 Å². The van der Waals surface area contributed by atoms with Crippen molar-refractivity contribution in [1.82, 2.24) is 4.98 Å². The van der Waals surface area contributed by atoms with Crippen LogP contribution in [0.25, 0.3) is 0 Å². The largest absolute Gasteiger partial charge is 0.573 e. The molecule has 0 bridgehead atoms. The first-order valence-corrected chi connectivity index (χ1v) is 5.12. The van der Waals surface area contributed by atoms with Crippen molar-refractivity contribution in [2.45, 2.75) is 25.8 Å². The Morgan fingerprint density at radius 1 is 1.45 bits per heavy atom. The van der Waals surface area contributed by atoms with Gasteiger partial charge in [0.2, 0.25) is 0 Å².